The van der Waals surface area contributed by atoms with E-state index in [2.05, 4.69) is 19.6 Å². The summed E-state index contributed by atoms with van der Waals surface area (Å²) >= 11 is 0. The Morgan fingerprint density at radius 1 is 1.27 bits per heavy atom. The molecular formula is C15H29NO5Si. The number of carbonyl (C=O) groups is 2. The van der Waals surface area contributed by atoms with Gasteiger partial charge in [-0.15, -0.1) is 0 Å². The van der Waals surface area contributed by atoms with Crippen LogP contribution in [0.4, 0.5) is 4.79 Å². The maximum absolute atomic E-state index is 12.3. The molecular weight excluding hydrogens is 302 g/mol. The van der Waals surface area contributed by atoms with Crippen molar-refractivity contribution in [2.45, 2.75) is 58.7 Å². The van der Waals surface area contributed by atoms with Crippen LogP contribution >= 0.6 is 0 Å². The van der Waals surface area contributed by atoms with Crippen LogP contribution in [0.15, 0.2) is 0 Å². The quantitative estimate of drug-likeness (QED) is 0.529. The van der Waals surface area contributed by atoms with E-state index < -0.39 is 20.3 Å². The molecule has 1 saturated heterocycles. The van der Waals surface area contributed by atoms with Crippen molar-refractivity contribution in [2.75, 3.05) is 19.9 Å². The summed E-state index contributed by atoms with van der Waals surface area (Å²) in [5, 5.41) is 0. The van der Waals surface area contributed by atoms with Crippen LogP contribution in [0.1, 0.15) is 20.8 Å². The average Bonchev–Trinajstić information content (AvgIpc) is 2.38. The van der Waals surface area contributed by atoms with Gasteiger partial charge in [0.15, 0.2) is 6.10 Å². The molecule has 0 saturated carbocycles. The van der Waals surface area contributed by atoms with Gasteiger partial charge in [-0.25, -0.2) is 9.69 Å². The summed E-state index contributed by atoms with van der Waals surface area (Å²) in [4.78, 5) is 25.6. The van der Waals surface area contributed by atoms with E-state index in [1.54, 1.807) is 7.11 Å². The SMILES string of the molecule is COCC(C)OC1C(=O)N(C(=O)OC[Si](C)(C)C)C1C(C)C. The second kappa shape index (κ2) is 7.57. The van der Waals surface area contributed by atoms with Crippen LogP contribution in [0, 0.1) is 5.92 Å². The summed E-state index contributed by atoms with van der Waals surface area (Å²) in [6.07, 6.45) is -0.929. The maximum Gasteiger partial charge on any atom is 0.416 e. The molecule has 1 aliphatic rings. The van der Waals surface area contributed by atoms with Crippen LogP contribution in [-0.4, -0.2) is 63.2 Å². The van der Waals surface area contributed by atoms with Gasteiger partial charge < -0.3 is 14.2 Å². The van der Waals surface area contributed by atoms with Gasteiger partial charge >= 0.3 is 6.09 Å². The number of imide groups is 1. The molecule has 0 spiro atoms. The Hall–Kier alpha value is -0.923. The molecule has 3 unspecified atom stereocenters. The van der Waals surface area contributed by atoms with Crippen molar-refractivity contribution < 1.29 is 23.8 Å². The van der Waals surface area contributed by atoms with Crippen molar-refractivity contribution >= 4 is 20.1 Å². The second-order valence-electron chi connectivity index (χ2n) is 7.38. The third-order valence-corrected chi connectivity index (χ3v) is 4.39. The van der Waals surface area contributed by atoms with E-state index in [9.17, 15) is 9.59 Å². The minimum absolute atomic E-state index is 0.108. The van der Waals surface area contributed by atoms with Gasteiger partial charge in [0, 0.05) is 7.11 Å². The highest BCUT2D eigenvalue weighted by Crippen LogP contribution is 2.31. The molecule has 22 heavy (non-hydrogen) atoms. The first-order chi connectivity index (χ1) is 10.1. The van der Waals surface area contributed by atoms with Crippen molar-refractivity contribution in [1.82, 2.24) is 4.90 Å². The van der Waals surface area contributed by atoms with Gasteiger partial charge in [0.1, 0.15) is 0 Å². The lowest BCUT2D eigenvalue weighted by Gasteiger charge is -2.47. The number of nitrogens with zero attached hydrogens (tertiary/aromatic N) is 1. The van der Waals surface area contributed by atoms with Crippen molar-refractivity contribution in [2.24, 2.45) is 5.92 Å². The molecule has 1 aliphatic heterocycles. The van der Waals surface area contributed by atoms with Crippen LogP contribution in [0.3, 0.4) is 0 Å². The molecule has 1 rings (SSSR count). The molecule has 128 valence electrons. The van der Waals surface area contributed by atoms with Gasteiger partial charge in [-0.1, -0.05) is 33.5 Å². The van der Waals surface area contributed by atoms with Crippen molar-refractivity contribution in [1.29, 1.82) is 0 Å². The normalized spacial score (nSPS) is 23.5. The highest BCUT2D eigenvalue weighted by atomic mass is 28.3. The van der Waals surface area contributed by atoms with E-state index >= 15 is 0 Å². The Kier molecular flexibility index (Phi) is 6.58. The van der Waals surface area contributed by atoms with Crippen molar-refractivity contribution in [3.63, 3.8) is 0 Å². The Labute approximate surface area is 134 Å². The Morgan fingerprint density at radius 3 is 2.32 bits per heavy atom. The molecule has 1 fully saturated rings. The second-order valence-corrected chi connectivity index (χ2v) is 12.8. The monoisotopic (exact) mass is 331 g/mol. The fraction of sp³-hybridized carbons (Fsp3) is 0.867. The first-order valence-corrected chi connectivity index (χ1v) is 11.4. The minimum atomic E-state index is -1.51. The van der Waals surface area contributed by atoms with Crippen LogP contribution in [0.2, 0.25) is 19.6 Å². The van der Waals surface area contributed by atoms with E-state index in [0.29, 0.717) is 12.8 Å². The highest BCUT2D eigenvalue weighted by molar-refractivity contribution is 6.76. The van der Waals surface area contributed by atoms with E-state index in [4.69, 9.17) is 14.2 Å². The number of carbonyl (C=O) groups excluding carboxylic acids is 2. The van der Waals surface area contributed by atoms with Gasteiger partial charge in [-0.2, -0.15) is 0 Å². The number of rotatable bonds is 7. The lowest BCUT2D eigenvalue weighted by Crippen LogP contribution is -2.70. The minimum Gasteiger partial charge on any atom is -0.453 e. The lowest BCUT2D eigenvalue weighted by molar-refractivity contribution is -0.182. The molecule has 1 heterocycles. The third-order valence-electron chi connectivity index (χ3n) is 3.38. The molecule has 2 amide bonds. The van der Waals surface area contributed by atoms with E-state index in [0.717, 1.165) is 0 Å². The highest BCUT2D eigenvalue weighted by Gasteiger charge is 2.54. The van der Waals surface area contributed by atoms with E-state index in [1.165, 1.54) is 4.90 Å². The molecule has 6 nitrogen and oxygen atoms in total. The van der Waals surface area contributed by atoms with Gasteiger partial charge in [0.25, 0.3) is 5.91 Å². The number of ether oxygens (including phenoxy) is 3. The number of methoxy groups -OCH3 is 1. The molecule has 0 aliphatic carbocycles. The van der Waals surface area contributed by atoms with Gasteiger partial charge in [0.2, 0.25) is 0 Å². The lowest BCUT2D eigenvalue weighted by atomic mass is 9.88. The van der Waals surface area contributed by atoms with Gasteiger partial charge in [-0.05, 0) is 12.8 Å². The maximum atomic E-state index is 12.3. The number of β-lactam (4-membered cyclic amide) rings is 1. The molecule has 7 heteroatoms. The predicted octanol–water partition coefficient (Wildman–Crippen LogP) is 2.29. The summed E-state index contributed by atoms with van der Waals surface area (Å²) in [6, 6.07) is -0.277. The summed E-state index contributed by atoms with van der Waals surface area (Å²) in [5.74, 6) is -0.209. The average molecular weight is 331 g/mol. The summed E-state index contributed by atoms with van der Waals surface area (Å²) < 4.78 is 16.1. The standard InChI is InChI=1S/C15H29NO5Si/c1-10(2)12-13(21-11(3)8-19-4)14(17)16(12)15(18)20-9-22(5,6)7/h10-13H,8-9H2,1-7H3. The van der Waals surface area contributed by atoms with Gasteiger partial charge in [0.05, 0.1) is 33.1 Å². The summed E-state index contributed by atoms with van der Waals surface area (Å²) in [7, 11) is 0.0773. The summed E-state index contributed by atoms with van der Waals surface area (Å²) in [6.45, 7) is 12.5. The summed E-state index contributed by atoms with van der Waals surface area (Å²) in [5.41, 5.74) is 0. The third kappa shape index (κ3) is 4.79. The molecule has 0 N–H and O–H groups in total. The van der Waals surface area contributed by atoms with E-state index in [-0.39, 0.29) is 24.0 Å². The topological polar surface area (TPSA) is 65.1 Å². The fourth-order valence-corrected chi connectivity index (χ4v) is 2.91. The Balaban J connectivity index is 2.68. The van der Waals surface area contributed by atoms with Crippen LogP contribution in [0.25, 0.3) is 0 Å². The molecule has 0 aromatic heterocycles. The van der Waals surface area contributed by atoms with Crippen LogP contribution in [-0.2, 0) is 19.0 Å². The molecule has 0 aromatic rings. The Morgan fingerprint density at radius 2 is 1.86 bits per heavy atom. The Bertz CT molecular complexity index is 407. The van der Waals surface area contributed by atoms with Crippen LogP contribution < -0.4 is 0 Å². The molecule has 0 radical (unpaired) electrons. The van der Waals surface area contributed by atoms with Gasteiger partial charge in [-0.3, -0.25) is 4.79 Å². The van der Waals surface area contributed by atoms with Crippen molar-refractivity contribution in [3.8, 4) is 0 Å². The van der Waals surface area contributed by atoms with Crippen molar-refractivity contribution in [3.05, 3.63) is 0 Å². The van der Waals surface area contributed by atoms with E-state index in [1.807, 2.05) is 20.8 Å². The largest absolute Gasteiger partial charge is 0.453 e. The molecule has 0 bridgehead atoms. The molecule has 0 aromatic carbocycles. The first-order valence-electron chi connectivity index (χ1n) is 7.72. The zero-order valence-electron chi connectivity index (χ0n) is 14.7. The van der Waals surface area contributed by atoms with Crippen LogP contribution in [0.5, 0.6) is 0 Å². The molecule has 3 atom stereocenters. The number of hydrogen-bond donors (Lipinski definition) is 0. The first kappa shape index (κ1) is 19.1. The zero-order chi connectivity index (χ0) is 17.1. The number of likely N-dealkylation sites (tertiary alicyclic amines) is 1. The smallest absolute Gasteiger partial charge is 0.416 e. The number of hydrogen-bond acceptors (Lipinski definition) is 5. The zero-order valence-corrected chi connectivity index (χ0v) is 15.7. The predicted molar refractivity (Wildman–Crippen MR) is 86.4 cm³/mol. The fourth-order valence-electron chi connectivity index (χ4n) is 2.35. The number of amides is 2.